The van der Waals surface area contributed by atoms with E-state index in [1.807, 2.05) is 31.2 Å². The fourth-order valence-electron chi connectivity index (χ4n) is 1.70. The first kappa shape index (κ1) is 17.8. The number of aliphatic hydroxyl groups is 1. The molecule has 1 aromatic rings. The molecule has 21 heavy (non-hydrogen) atoms. The van der Waals surface area contributed by atoms with E-state index >= 15 is 0 Å². The third kappa shape index (κ3) is 5.93. The highest BCUT2D eigenvalue weighted by Crippen LogP contribution is 2.24. The number of benzene rings is 1. The molecular weight excluding hydrogens is 288 g/mol. The molecule has 0 aliphatic carbocycles. The minimum Gasteiger partial charge on any atom is -0.364 e. The molecule has 0 fully saturated rings. The van der Waals surface area contributed by atoms with Gasteiger partial charge in [-0.15, -0.1) is 11.1 Å². The summed E-state index contributed by atoms with van der Waals surface area (Å²) in [5.41, 5.74) is 7.03. The lowest BCUT2D eigenvalue weighted by Gasteiger charge is -2.20. The van der Waals surface area contributed by atoms with Gasteiger partial charge < -0.3 is 5.11 Å². The standard InChI is InChI=1S/C18H26OSi2/c1-16-10-8-9-11-17(16)18(19,12-14-20(2,3)4)13-15-21(5,6)7/h8-11,19H,1-7H3. The molecule has 0 atom stereocenters. The SMILES string of the molecule is Cc1ccccc1C(O)(C#C[Si](C)(C)C)C#C[Si](C)(C)C. The normalized spacial score (nSPS) is 12.0. The summed E-state index contributed by atoms with van der Waals surface area (Å²) in [6.45, 7) is 15.0. The Bertz CT molecular complexity index is 593. The van der Waals surface area contributed by atoms with Gasteiger partial charge in [-0.3, -0.25) is 0 Å². The van der Waals surface area contributed by atoms with Crippen LogP contribution in [-0.4, -0.2) is 21.3 Å². The van der Waals surface area contributed by atoms with Crippen molar-refractivity contribution in [3.05, 3.63) is 35.4 Å². The maximum atomic E-state index is 11.1. The molecule has 3 heteroatoms. The molecule has 1 N–H and O–H groups in total. The highest BCUT2D eigenvalue weighted by atomic mass is 28.3. The van der Waals surface area contributed by atoms with Crippen LogP contribution < -0.4 is 0 Å². The summed E-state index contributed by atoms with van der Waals surface area (Å²) in [7, 11) is -3.14. The fourth-order valence-corrected chi connectivity index (χ4v) is 2.81. The second-order valence-corrected chi connectivity index (χ2v) is 17.0. The largest absolute Gasteiger partial charge is 0.364 e. The van der Waals surface area contributed by atoms with Crippen LogP contribution in [0, 0.1) is 29.9 Å². The quantitative estimate of drug-likeness (QED) is 0.615. The van der Waals surface area contributed by atoms with Crippen molar-refractivity contribution in [1.82, 2.24) is 0 Å². The Labute approximate surface area is 131 Å². The molecule has 0 amide bonds. The molecule has 0 heterocycles. The van der Waals surface area contributed by atoms with Crippen molar-refractivity contribution in [2.45, 2.75) is 51.8 Å². The first-order chi connectivity index (χ1) is 9.43. The van der Waals surface area contributed by atoms with Gasteiger partial charge in [-0.1, -0.05) is 75.4 Å². The molecule has 1 aromatic carbocycles. The first-order valence-electron chi connectivity index (χ1n) is 7.30. The van der Waals surface area contributed by atoms with Crippen LogP contribution in [0.5, 0.6) is 0 Å². The van der Waals surface area contributed by atoms with Gasteiger partial charge in [0.1, 0.15) is 16.1 Å². The van der Waals surface area contributed by atoms with Crippen LogP contribution in [0.4, 0.5) is 0 Å². The maximum Gasteiger partial charge on any atom is 0.213 e. The average molecular weight is 315 g/mol. The Morgan fingerprint density at radius 3 is 1.67 bits per heavy atom. The molecule has 0 spiro atoms. The molecule has 0 saturated carbocycles. The fraction of sp³-hybridized carbons (Fsp3) is 0.444. The van der Waals surface area contributed by atoms with Crippen LogP contribution in [0.2, 0.25) is 39.3 Å². The maximum absolute atomic E-state index is 11.1. The molecule has 0 radical (unpaired) electrons. The zero-order valence-corrected chi connectivity index (χ0v) is 16.3. The summed E-state index contributed by atoms with van der Waals surface area (Å²) in [5.74, 6) is 6.16. The van der Waals surface area contributed by atoms with Gasteiger partial charge in [0.2, 0.25) is 5.60 Å². The second kappa shape index (κ2) is 6.24. The van der Waals surface area contributed by atoms with Gasteiger partial charge in [-0.25, -0.2) is 0 Å². The van der Waals surface area contributed by atoms with Crippen molar-refractivity contribution in [2.24, 2.45) is 0 Å². The van der Waals surface area contributed by atoms with Crippen LogP contribution in [-0.2, 0) is 5.60 Å². The summed E-state index contributed by atoms with van der Waals surface area (Å²) in [6, 6.07) is 7.82. The van der Waals surface area contributed by atoms with Crippen molar-refractivity contribution < 1.29 is 5.11 Å². The molecule has 0 saturated heterocycles. The minimum atomic E-state index is -1.57. The van der Waals surface area contributed by atoms with Gasteiger partial charge in [0, 0.05) is 5.56 Å². The van der Waals surface area contributed by atoms with Crippen molar-refractivity contribution >= 4 is 16.1 Å². The molecule has 1 rings (SSSR count). The minimum absolute atomic E-state index is 0.807. The van der Waals surface area contributed by atoms with Crippen LogP contribution >= 0.6 is 0 Å². The second-order valence-electron chi connectivity index (χ2n) is 7.53. The van der Waals surface area contributed by atoms with E-state index in [2.05, 4.69) is 62.2 Å². The number of rotatable bonds is 1. The summed E-state index contributed by atoms with van der Waals surface area (Å²) in [6.07, 6.45) is 0. The Kier molecular flexibility index (Phi) is 5.28. The zero-order chi connectivity index (χ0) is 16.3. The monoisotopic (exact) mass is 314 g/mol. The van der Waals surface area contributed by atoms with Crippen molar-refractivity contribution in [3.8, 4) is 22.9 Å². The van der Waals surface area contributed by atoms with Gasteiger partial charge in [-0.05, 0) is 12.5 Å². The summed E-state index contributed by atoms with van der Waals surface area (Å²) < 4.78 is 0. The number of aryl methyl sites for hydroxylation is 1. The Morgan fingerprint density at radius 2 is 1.29 bits per heavy atom. The van der Waals surface area contributed by atoms with Crippen molar-refractivity contribution in [1.29, 1.82) is 0 Å². The summed E-state index contributed by atoms with van der Waals surface area (Å²) in [5, 5.41) is 11.1. The van der Waals surface area contributed by atoms with Crippen LogP contribution in [0.3, 0.4) is 0 Å². The van der Waals surface area contributed by atoms with Crippen molar-refractivity contribution in [2.75, 3.05) is 0 Å². The lowest BCUT2D eigenvalue weighted by molar-refractivity contribution is 0.164. The number of hydrogen-bond acceptors (Lipinski definition) is 1. The molecule has 0 aliphatic heterocycles. The molecule has 0 aromatic heterocycles. The van der Waals surface area contributed by atoms with E-state index in [1.54, 1.807) is 0 Å². The Hall–Kier alpha value is -1.27. The van der Waals surface area contributed by atoms with Crippen LogP contribution in [0.25, 0.3) is 0 Å². The van der Waals surface area contributed by atoms with E-state index in [0.717, 1.165) is 11.1 Å². The van der Waals surface area contributed by atoms with Gasteiger partial charge in [-0.2, -0.15) is 0 Å². The smallest absolute Gasteiger partial charge is 0.213 e. The van der Waals surface area contributed by atoms with E-state index in [4.69, 9.17) is 0 Å². The molecule has 1 nitrogen and oxygen atoms in total. The van der Waals surface area contributed by atoms with Gasteiger partial charge in [0.25, 0.3) is 0 Å². The van der Waals surface area contributed by atoms with Crippen LogP contribution in [0.15, 0.2) is 24.3 Å². The van der Waals surface area contributed by atoms with Gasteiger partial charge >= 0.3 is 0 Å². The lowest BCUT2D eigenvalue weighted by Crippen LogP contribution is -2.27. The first-order valence-corrected chi connectivity index (χ1v) is 14.3. The molecule has 112 valence electrons. The van der Waals surface area contributed by atoms with Crippen LogP contribution in [0.1, 0.15) is 11.1 Å². The average Bonchev–Trinajstić information content (AvgIpc) is 2.33. The van der Waals surface area contributed by atoms with Crippen molar-refractivity contribution in [3.63, 3.8) is 0 Å². The van der Waals surface area contributed by atoms with Gasteiger partial charge in [0.05, 0.1) is 0 Å². The highest BCUT2D eigenvalue weighted by molar-refractivity contribution is 6.84. The van der Waals surface area contributed by atoms with Gasteiger partial charge in [0.15, 0.2) is 0 Å². The highest BCUT2D eigenvalue weighted by Gasteiger charge is 2.27. The molecule has 0 aliphatic rings. The van der Waals surface area contributed by atoms with E-state index in [9.17, 15) is 5.11 Å². The van der Waals surface area contributed by atoms with E-state index in [0.29, 0.717) is 0 Å². The Balaban J connectivity index is 3.45. The molecule has 0 unspecified atom stereocenters. The third-order valence-corrected chi connectivity index (χ3v) is 4.52. The predicted molar refractivity (Wildman–Crippen MR) is 97.3 cm³/mol. The zero-order valence-electron chi connectivity index (χ0n) is 14.3. The van der Waals surface area contributed by atoms with E-state index < -0.39 is 21.7 Å². The summed E-state index contributed by atoms with van der Waals surface area (Å²) in [4.78, 5) is 0. The third-order valence-electron chi connectivity index (χ3n) is 2.77. The Morgan fingerprint density at radius 1 is 0.857 bits per heavy atom. The number of hydrogen-bond donors (Lipinski definition) is 1. The summed E-state index contributed by atoms with van der Waals surface area (Å²) >= 11 is 0. The van der Waals surface area contributed by atoms with E-state index in [1.165, 1.54) is 0 Å². The van der Waals surface area contributed by atoms with E-state index in [-0.39, 0.29) is 0 Å². The predicted octanol–water partition coefficient (Wildman–Crippen LogP) is 3.94. The molecule has 0 bridgehead atoms. The topological polar surface area (TPSA) is 20.2 Å². The molecular formula is C18H26OSi2. The lowest BCUT2D eigenvalue weighted by atomic mass is 9.92.